The lowest BCUT2D eigenvalue weighted by molar-refractivity contribution is 0.766. The molecular weight excluding hydrogens is 208 g/mol. The van der Waals surface area contributed by atoms with E-state index in [-0.39, 0.29) is 0 Å². The van der Waals surface area contributed by atoms with E-state index in [2.05, 4.69) is 10.1 Å². The summed E-state index contributed by atoms with van der Waals surface area (Å²) in [6.07, 6.45) is 5.46. The molecule has 0 aromatic carbocycles. The Bertz CT molecular complexity index is 478. The summed E-state index contributed by atoms with van der Waals surface area (Å²) in [5.41, 5.74) is 7.48. The Morgan fingerprint density at radius 1 is 1.40 bits per heavy atom. The van der Waals surface area contributed by atoms with E-state index in [0.717, 1.165) is 21.2 Å². The summed E-state index contributed by atoms with van der Waals surface area (Å²) in [6.45, 7) is 1.98. The summed E-state index contributed by atoms with van der Waals surface area (Å²) < 4.78 is 1.77. The summed E-state index contributed by atoms with van der Waals surface area (Å²) in [4.78, 5) is 5.32. The normalized spacial score (nSPS) is 10.5. The Labute approximate surface area is 92.5 Å². The quantitative estimate of drug-likeness (QED) is 0.839. The minimum Gasteiger partial charge on any atom is -0.397 e. The lowest BCUT2D eigenvalue weighted by Gasteiger charge is -2.01. The molecule has 0 bridgehead atoms. The second-order valence-corrected chi connectivity index (χ2v) is 4.42. The van der Waals surface area contributed by atoms with Crippen LogP contribution in [0.2, 0.25) is 0 Å². The van der Waals surface area contributed by atoms with Crippen LogP contribution in [0.1, 0.15) is 5.56 Å². The Morgan fingerprint density at radius 2 is 2.20 bits per heavy atom. The molecule has 0 saturated heterocycles. The van der Waals surface area contributed by atoms with Gasteiger partial charge in [0.05, 0.1) is 23.0 Å². The number of nitrogen functional groups attached to an aromatic ring is 1. The Kier molecular flexibility index (Phi) is 2.64. The first-order chi connectivity index (χ1) is 7.15. The van der Waals surface area contributed by atoms with Gasteiger partial charge in [0, 0.05) is 13.2 Å². The molecule has 4 nitrogen and oxygen atoms in total. The molecule has 0 spiro atoms. The third-order valence-corrected chi connectivity index (χ3v) is 2.91. The predicted molar refractivity (Wildman–Crippen MR) is 60.7 cm³/mol. The third-order valence-electron chi connectivity index (χ3n) is 2.03. The van der Waals surface area contributed by atoms with Gasteiger partial charge < -0.3 is 5.73 Å². The number of anilines is 1. The van der Waals surface area contributed by atoms with Gasteiger partial charge >= 0.3 is 0 Å². The van der Waals surface area contributed by atoms with Crippen LogP contribution in [-0.4, -0.2) is 14.8 Å². The minimum absolute atomic E-state index is 0.727. The van der Waals surface area contributed by atoms with E-state index in [4.69, 9.17) is 5.73 Å². The minimum atomic E-state index is 0.727. The highest BCUT2D eigenvalue weighted by Crippen LogP contribution is 2.26. The smallest absolute Gasteiger partial charge is 0.101 e. The monoisotopic (exact) mass is 220 g/mol. The van der Waals surface area contributed by atoms with E-state index in [1.807, 2.05) is 32.4 Å². The number of hydrogen-bond donors (Lipinski definition) is 1. The molecule has 78 valence electrons. The zero-order chi connectivity index (χ0) is 10.8. The molecule has 0 aliphatic carbocycles. The summed E-state index contributed by atoms with van der Waals surface area (Å²) >= 11 is 1.58. The highest BCUT2D eigenvalue weighted by Gasteiger charge is 2.02. The van der Waals surface area contributed by atoms with E-state index >= 15 is 0 Å². The third kappa shape index (κ3) is 2.30. The van der Waals surface area contributed by atoms with Crippen molar-refractivity contribution >= 4 is 17.4 Å². The average Bonchev–Trinajstić information content (AvgIpc) is 2.58. The Morgan fingerprint density at radius 3 is 2.80 bits per heavy atom. The van der Waals surface area contributed by atoms with Crippen molar-refractivity contribution in [3.63, 3.8) is 0 Å². The largest absolute Gasteiger partial charge is 0.397 e. The average molecular weight is 220 g/mol. The maximum absolute atomic E-state index is 5.70. The van der Waals surface area contributed by atoms with Crippen LogP contribution in [0.3, 0.4) is 0 Å². The van der Waals surface area contributed by atoms with Gasteiger partial charge in [0.15, 0.2) is 0 Å². The maximum Gasteiger partial charge on any atom is 0.101 e. The van der Waals surface area contributed by atoms with Crippen molar-refractivity contribution in [2.45, 2.75) is 16.8 Å². The molecule has 2 rings (SSSR count). The van der Waals surface area contributed by atoms with Crippen LogP contribution in [0.4, 0.5) is 5.69 Å². The molecule has 2 heterocycles. The second-order valence-electron chi connectivity index (χ2n) is 3.33. The van der Waals surface area contributed by atoms with Gasteiger partial charge in [0.1, 0.15) is 5.03 Å². The van der Waals surface area contributed by atoms with Crippen molar-refractivity contribution in [3.05, 3.63) is 30.2 Å². The molecule has 0 fully saturated rings. The number of hydrogen-bond acceptors (Lipinski definition) is 4. The van der Waals surface area contributed by atoms with Gasteiger partial charge in [0.25, 0.3) is 0 Å². The van der Waals surface area contributed by atoms with Crippen LogP contribution in [0.15, 0.2) is 34.6 Å². The predicted octanol–water partition coefficient (Wildman–Crippen LogP) is 1.86. The summed E-state index contributed by atoms with van der Waals surface area (Å²) in [7, 11) is 1.89. The van der Waals surface area contributed by atoms with Crippen molar-refractivity contribution in [2.24, 2.45) is 7.05 Å². The van der Waals surface area contributed by atoms with E-state index in [0.29, 0.717) is 0 Å². The van der Waals surface area contributed by atoms with Crippen LogP contribution >= 0.6 is 11.8 Å². The van der Waals surface area contributed by atoms with Gasteiger partial charge in [-0.1, -0.05) is 11.8 Å². The maximum atomic E-state index is 5.70. The number of nitrogens with zero attached hydrogens (tertiary/aromatic N) is 3. The second kappa shape index (κ2) is 3.94. The molecule has 0 aliphatic heterocycles. The van der Waals surface area contributed by atoms with Gasteiger partial charge in [-0.3, -0.25) is 4.68 Å². The van der Waals surface area contributed by atoms with Crippen molar-refractivity contribution in [2.75, 3.05) is 5.73 Å². The van der Waals surface area contributed by atoms with Gasteiger partial charge in [0.2, 0.25) is 0 Å². The fraction of sp³-hybridized carbons (Fsp3) is 0.200. The van der Waals surface area contributed by atoms with Crippen LogP contribution in [-0.2, 0) is 7.05 Å². The standard InChI is InChI=1S/C10H12N4S/c1-7-3-10(12-5-9(7)11)15-8-4-13-14(2)6-8/h3-6H,11H2,1-2H3. The number of aryl methyl sites for hydroxylation is 2. The summed E-state index contributed by atoms with van der Waals surface area (Å²) in [6, 6.07) is 1.98. The van der Waals surface area contributed by atoms with Crippen molar-refractivity contribution in [3.8, 4) is 0 Å². The topological polar surface area (TPSA) is 56.7 Å². The SMILES string of the molecule is Cc1cc(Sc2cnn(C)c2)ncc1N. The molecule has 0 radical (unpaired) electrons. The molecule has 15 heavy (non-hydrogen) atoms. The molecule has 0 atom stereocenters. The zero-order valence-electron chi connectivity index (χ0n) is 8.64. The first-order valence-electron chi connectivity index (χ1n) is 4.54. The van der Waals surface area contributed by atoms with Crippen LogP contribution in [0.5, 0.6) is 0 Å². The van der Waals surface area contributed by atoms with Crippen LogP contribution in [0.25, 0.3) is 0 Å². The molecule has 2 aromatic heterocycles. The molecule has 0 amide bonds. The number of nitrogens with two attached hydrogens (primary N) is 1. The highest BCUT2D eigenvalue weighted by atomic mass is 32.2. The molecule has 0 aliphatic rings. The molecule has 0 unspecified atom stereocenters. The molecule has 2 N–H and O–H groups in total. The van der Waals surface area contributed by atoms with E-state index < -0.39 is 0 Å². The summed E-state index contributed by atoms with van der Waals surface area (Å²) in [5.74, 6) is 0. The van der Waals surface area contributed by atoms with Crippen molar-refractivity contribution < 1.29 is 0 Å². The van der Waals surface area contributed by atoms with Crippen molar-refractivity contribution in [1.29, 1.82) is 0 Å². The summed E-state index contributed by atoms with van der Waals surface area (Å²) in [5, 5.41) is 5.04. The molecule has 5 heteroatoms. The molecular formula is C10H12N4S. The first-order valence-corrected chi connectivity index (χ1v) is 5.35. The Balaban J connectivity index is 2.21. The zero-order valence-corrected chi connectivity index (χ0v) is 9.45. The number of aromatic nitrogens is 3. The Hall–Kier alpha value is -1.49. The van der Waals surface area contributed by atoms with Crippen molar-refractivity contribution in [1.82, 2.24) is 14.8 Å². The van der Waals surface area contributed by atoms with Gasteiger partial charge in [-0.15, -0.1) is 0 Å². The highest BCUT2D eigenvalue weighted by molar-refractivity contribution is 7.99. The van der Waals surface area contributed by atoms with Gasteiger partial charge in [-0.05, 0) is 18.6 Å². The molecule has 0 saturated carbocycles. The van der Waals surface area contributed by atoms with E-state index in [1.165, 1.54) is 0 Å². The molecule has 2 aromatic rings. The van der Waals surface area contributed by atoms with E-state index in [9.17, 15) is 0 Å². The lowest BCUT2D eigenvalue weighted by atomic mass is 10.3. The number of rotatable bonds is 2. The van der Waals surface area contributed by atoms with Gasteiger partial charge in [-0.25, -0.2) is 4.98 Å². The van der Waals surface area contributed by atoms with Crippen LogP contribution in [0, 0.1) is 6.92 Å². The first kappa shape index (κ1) is 10.0. The van der Waals surface area contributed by atoms with E-state index in [1.54, 1.807) is 22.6 Å². The number of pyridine rings is 1. The fourth-order valence-corrected chi connectivity index (χ4v) is 2.06. The van der Waals surface area contributed by atoms with Gasteiger partial charge in [-0.2, -0.15) is 5.10 Å². The lowest BCUT2D eigenvalue weighted by Crippen LogP contribution is -1.91. The van der Waals surface area contributed by atoms with Crippen LogP contribution < -0.4 is 5.73 Å². The fourth-order valence-electron chi connectivity index (χ4n) is 1.17.